The molecule has 5 heteroatoms. The van der Waals surface area contributed by atoms with Crippen molar-refractivity contribution in [2.75, 3.05) is 25.0 Å². The zero-order chi connectivity index (χ0) is 11.4. The van der Waals surface area contributed by atoms with Crippen molar-refractivity contribution in [2.24, 2.45) is 0 Å². The van der Waals surface area contributed by atoms with Gasteiger partial charge < -0.3 is 15.4 Å². The van der Waals surface area contributed by atoms with Gasteiger partial charge in [-0.05, 0) is 18.2 Å². The third kappa shape index (κ3) is 3.04. The van der Waals surface area contributed by atoms with E-state index in [0.29, 0.717) is 13.2 Å². The molecule has 1 saturated heterocycles. The topological polar surface area (TPSA) is 50.4 Å². The van der Waals surface area contributed by atoms with Crippen LogP contribution in [0.15, 0.2) is 28.7 Å². The summed E-state index contributed by atoms with van der Waals surface area (Å²) in [5, 5.41) is 5.94. The molecule has 1 amide bonds. The minimum atomic E-state index is -0.396. The number of hydrogen-bond acceptors (Lipinski definition) is 3. The molecule has 0 aromatic heterocycles. The van der Waals surface area contributed by atoms with Crippen LogP contribution in [0.1, 0.15) is 0 Å². The van der Waals surface area contributed by atoms with Gasteiger partial charge in [-0.2, -0.15) is 0 Å². The van der Waals surface area contributed by atoms with Crippen LogP contribution >= 0.6 is 15.9 Å². The van der Waals surface area contributed by atoms with Crippen molar-refractivity contribution in [1.82, 2.24) is 5.32 Å². The minimum Gasteiger partial charge on any atom is -0.366 e. The first-order valence-corrected chi connectivity index (χ1v) is 5.94. The molecule has 1 aliphatic heterocycles. The van der Waals surface area contributed by atoms with Gasteiger partial charge in [0.1, 0.15) is 6.10 Å². The average Bonchev–Trinajstić information content (AvgIpc) is 2.30. The minimum absolute atomic E-state index is 0.106. The molecule has 1 heterocycles. The highest BCUT2D eigenvalue weighted by molar-refractivity contribution is 9.10. The van der Waals surface area contributed by atoms with Gasteiger partial charge in [0.15, 0.2) is 0 Å². The first kappa shape index (κ1) is 11.6. The zero-order valence-electron chi connectivity index (χ0n) is 8.70. The average molecular weight is 285 g/mol. The van der Waals surface area contributed by atoms with Gasteiger partial charge in [-0.1, -0.05) is 22.0 Å². The summed E-state index contributed by atoms with van der Waals surface area (Å²) in [5.74, 6) is -0.106. The summed E-state index contributed by atoms with van der Waals surface area (Å²) in [6.07, 6.45) is -0.396. The van der Waals surface area contributed by atoms with Crippen LogP contribution in [0.3, 0.4) is 0 Å². The summed E-state index contributed by atoms with van der Waals surface area (Å²) in [6, 6.07) is 7.49. The van der Waals surface area contributed by atoms with E-state index in [9.17, 15) is 4.79 Å². The molecule has 0 aliphatic carbocycles. The van der Waals surface area contributed by atoms with E-state index >= 15 is 0 Å². The maximum atomic E-state index is 11.8. The van der Waals surface area contributed by atoms with Crippen molar-refractivity contribution in [3.63, 3.8) is 0 Å². The number of hydrogen-bond donors (Lipinski definition) is 2. The SMILES string of the molecule is O=C(Nc1cccc(Br)c1)C1CNCCO1. The van der Waals surface area contributed by atoms with Crippen LogP contribution in [0.4, 0.5) is 5.69 Å². The summed E-state index contributed by atoms with van der Waals surface area (Å²) in [5.41, 5.74) is 0.772. The Balaban J connectivity index is 1.96. The van der Waals surface area contributed by atoms with Gasteiger partial charge in [-0.15, -0.1) is 0 Å². The number of halogens is 1. The second-order valence-corrected chi connectivity index (χ2v) is 4.48. The Morgan fingerprint density at radius 1 is 1.56 bits per heavy atom. The number of morpholine rings is 1. The molecule has 1 fully saturated rings. The van der Waals surface area contributed by atoms with Gasteiger partial charge in [0, 0.05) is 23.2 Å². The van der Waals surface area contributed by atoms with Gasteiger partial charge in [-0.3, -0.25) is 4.79 Å². The predicted molar refractivity (Wildman–Crippen MR) is 65.4 cm³/mol. The van der Waals surface area contributed by atoms with Crippen molar-refractivity contribution in [3.05, 3.63) is 28.7 Å². The Hall–Kier alpha value is -0.910. The Morgan fingerprint density at radius 2 is 2.44 bits per heavy atom. The molecule has 0 saturated carbocycles. The number of amides is 1. The van der Waals surface area contributed by atoms with Crippen molar-refractivity contribution in [3.8, 4) is 0 Å². The molecule has 86 valence electrons. The van der Waals surface area contributed by atoms with E-state index in [2.05, 4.69) is 26.6 Å². The number of carbonyl (C=O) groups excluding carboxylic acids is 1. The second-order valence-electron chi connectivity index (χ2n) is 3.56. The van der Waals surface area contributed by atoms with Crippen LogP contribution in [0, 0.1) is 0 Å². The summed E-state index contributed by atoms with van der Waals surface area (Å²) in [4.78, 5) is 11.8. The standard InChI is InChI=1S/C11H13BrN2O2/c12-8-2-1-3-9(6-8)14-11(15)10-7-13-4-5-16-10/h1-3,6,10,13H,4-5,7H2,(H,14,15). The maximum Gasteiger partial charge on any atom is 0.254 e. The van der Waals surface area contributed by atoms with Gasteiger partial charge in [0.25, 0.3) is 5.91 Å². The number of benzene rings is 1. The molecule has 1 unspecified atom stereocenters. The monoisotopic (exact) mass is 284 g/mol. The van der Waals surface area contributed by atoms with E-state index in [4.69, 9.17) is 4.74 Å². The zero-order valence-corrected chi connectivity index (χ0v) is 10.3. The second kappa shape index (κ2) is 5.43. The maximum absolute atomic E-state index is 11.8. The molecule has 2 rings (SSSR count). The number of rotatable bonds is 2. The van der Waals surface area contributed by atoms with Crippen LogP contribution in [-0.4, -0.2) is 31.7 Å². The fraction of sp³-hybridized carbons (Fsp3) is 0.364. The van der Waals surface area contributed by atoms with Crippen LogP contribution in [0.5, 0.6) is 0 Å². The first-order valence-electron chi connectivity index (χ1n) is 5.14. The lowest BCUT2D eigenvalue weighted by atomic mass is 10.2. The van der Waals surface area contributed by atoms with E-state index in [-0.39, 0.29) is 5.91 Å². The summed E-state index contributed by atoms with van der Waals surface area (Å²) < 4.78 is 6.29. The van der Waals surface area contributed by atoms with Gasteiger partial charge in [-0.25, -0.2) is 0 Å². The van der Waals surface area contributed by atoms with Crippen LogP contribution < -0.4 is 10.6 Å². The van der Waals surface area contributed by atoms with Crippen molar-refractivity contribution in [2.45, 2.75) is 6.10 Å². The van der Waals surface area contributed by atoms with Crippen LogP contribution in [0.2, 0.25) is 0 Å². The van der Waals surface area contributed by atoms with E-state index in [1.807, 2.05) is 24.3 Å². The van der Waals surface area contributed by atoms with Gasteiger partial charge in [0.05, 0.1) is 6.61 Å². The van der Waals surface area contributed by atoms with Gasteiger partial charge >= 0.3 is 0 Å². The molecule has 4 nitrogen and oxygen atoms in total. The Kier molecular flexibility index (Phi) is 3.93. The summed E-state index contributed by atoms with van der Waals surface area (Å²) in [6.45, 7) is 1.96. The van der Waals surface area contributed by atoms with Crippen molar-refractivity contribution < 1.29 is 9.53 Å². The van der Waals surface area contributed by atoms with E-state index < -0.39 is 6.10 Å². The third-order valence-corrected chi connectivity index (χ3v) is 2.81. The van der Waals surface area contributed by atoms with Crippen molar-refractivity contribution >= 4 is 27.5 Å². The third-order valence-electron chi connectivity index (χ3n) is 2.31. The predicted octanol–water partition coefficient (Wildman–Crippen LogP) is 1.38. The lowest BCUT2D eigenvalue weighted by Crippen LogP contribution is -2.45. The molecule has 1 aromatic rings. The van der Waals surface area contributed by atoms with Gasteiger partial charge in [0.2, 0.25) is 0 Å². The molecular formula is C11H13BrN2O2. The highest BCUT2D eigenvalue weighted by Crippen LogP contribution is 2.16. The molecular weight excluding hydrogens is 272 g/mol. The fourth-order valence-corrected chi connectivity index (χ4v) is 1.92. The first-order chi connectivity index (χ1) is 7.75. The number of nitrogens with one attached hydrogen (secondary N) is 2. The van der Waals surface area contributed by atoms with Crippen LogP contribution in [0.25, 0.3) is 0 Å². The molecule has 0 bridgehead atoms. The largest absolute Gasteiger partial charge is 0.366 e. The summed E-state index contributed by atoms with van der Waals surface area (Å²) in [7, 11) is 0. The van der Waals surface area contributed by atoms with E-state index in [1.165, 1.54) is 0 Å². The molecule has 1 aliphatic rings. The number of ether oxygens (including phenoxy) is 1. The van der Waals surface area contributed by atoms with Crippen molar-refractivity contribution in [1.29, 1.82) is 0 Å². The quantitative estimate of drug-likeness (QED) is 0.863. The molecule has 0 radical (unpaired) electrons. The fourth-order valence-electron chi connectivity index (χ4n) is 1.52. The number of carbonyl (C=O) groups is 1. The Bertz CT molecular complexity index is 378. The lowest BCUT2D eigenvalue weighted by Gasteiger charge is -2.22. The molecule has 0 spiro atoms. The molecule has 1 aromatic carbocycles. The summed E-state index contributed by atoms with van der Waals surface area (Å²) >= 11 is 3.35. The van der Waals surface area contributed by atoms with Crippen LogP contribution in [-0.2, 0) is 9.53 Å². The Morgan fingerprint density at radius 3 is 3.12 bits per heavy atom. The highest BCUT2D eigenvalue weighted by atomic mass is 79.9. The smallest absolute Gasteiger partial charge is 0.254 e. The van der Waals surface area contributed by atoms with E-state index in [1.54, 1.807) is 0 Å². The molecule has 16 heavy (non-hydrogen) atoms. The lowest BCUT2D eigenvalue weighted by molar-refractivity contribution is -0.128. The molecule has 2 N–H and O–H groups in total. The van der Waals surface area contributed by atoms with E-state index in [0.717, 1.165) is 16.7 Å². The molecule has 1 atom stereocenters. The highest BCUT2D eigenvalue weighted by Gasteiger charge is 2.21. The normalized spacial score (nSPS) is 20.4. The number of anilines is 1. The Labute approximate surface area is 102 Å².